The number of thiazole rings is 1. The minimum atomic E-state index is -0.108. The molecule has 1 rings (SSSR count). The number of aliphatic hydroxyl groups excluding tert-OH is 1. The lowest BCUT2D eigenvalue weighted by Gasteiger charge is -2.20. The van der Waals surface area contributed by atoms with Gasteiger partial charge in [-0.2, -0.15) is 0 Å². The highest BCUT2D eigenvalue weighted by Crippen LogP contribution is 2.23. The molecule has 0 saturated heterocycles. The molecule has 4 nitrogen and oxygen atoms in total. The predicted octanol–water partition coefficient (Wildman–Crippen LogP) is 1.76. The predicted molar refractivity (Wildman–Crippen MR) is 72.7 cm³/mol. The van der Waals surface area contributed by atoms with Crippen molar-refractivity contribution in [1.82, 2.24) is 15.2 Å². The molecule has 17 heavy (non-hydrogen) atoms. The zero-order valence-corrected chi connectivity index (χ0v) is 11.9. The van der Waals surface area contributed by atoms with Crippen molar-refractivity contribution < 1.29 is 5.11 Å². The zero-order valence-electron chi connectivity index (χ0n) is 10.3. The SMILES string of the molecule is CCN(CC)CCNC(CO)c1ncc(Cl)s1. The third-order valence-corrected chi connectivity index (χ3v) is 3.92. The van der Waals surface area contributed by atoms with Crippen molar-refractivity contribution >= 4 is 22.9 Å². The molecule has 0 saturated carbocycles. The summed E-state index contributed by atoms with van der Waals surface area (Å²) < 4.78 is 0.656. The van der Waals surface area contributed by atoms with E-state index < -0.39 is 0 Å². The van der Waals surface area contributed by atoms with Crippen molar-refractivity contribution in [2.45, 2.75) is 19.9 Å². The molecule has 98 valence electrons. The number of rotatable bonds is 8. The van der Waals surface area contributed by atoms with Gasteiger partial charge >= 0.3 is 0 Å². The van der Waals surface area contributed by atoms with Gasteiger partial charge in [0.05, 0.1) is 18.8 Å². The fourth-order valence-corrected chi connectivity index (χ4v) is 2.59. The number of hydrogen-bond donors (Lipinski definition) is 2. The largest absolute Gasteiger partial charge is 0.394 e. The summed E-state index contributed by atoms with van der Waals surface area (Å²) in [5.74, 6) is 0. The highest BCUT2D eigenvalue weighted by atomic mass is 35.5. The van der Waals surface area contributed by atoms with Crippen LogP contribution in [0.1, 0.15) is 24.9 Å². The van der Waals surface area contributed by atoms with Crippen LogP contribution in [0.5, 0.6) is 0 Å². The van der Waals surface area contributed by atoms with E-state index in [0.29, 0.717) is 4.34 Å². The van der Waals surface area contributed by atoms with Crippen LogP contribution >= 0.6 is 22.9 Å². The Morgan fingerprint density at radius 2 is 2.24 bits per heavy atom. The minimum absolute atomic E-state index is 0.0437. The van der Waals surface area contributed by atoms with Gasteiger partial charge in [-0.15, -0.1) is 11.3 Å². The number of hydrogen-bond acceptors (Lipinski definition) is 5. The first-order chi connectivity index (χ1) is 8.21. The van der Waals surface area contributed by atoms with Crippen molar-refractivity contribution in [3.8, 4) is 0 Å². The number of aliphatic hydroxyl groups is 1. The van der Waals surface area contributed by atoms with Gasteiger partial charge in [0.2, 0.25) is 0 Å². The molecule has 1 aromatic heterocycles. The smallest absolute Gasteiger partial charge is 0.113 e. The molecule has 0 aliphatic heterocycles. The Morgan fingerprint density at radius 1 is 1.53 bits per heavy atom. The summed E-state index contributed by atoms with van der Waals surface area (Å²) in [5.41, 5.74) is 0. The lowest BCUT2D eigenvalue weighted by molar-refractivity contribution is 0.233. The molecule has 1 atom stereocenters. The summed E-state index contributed by atoms with van der Waals surface area (Å²) in [5, 5.41) is 13.5. The van der Waals surface area contributed by atoms with E-state index in [0.717, 1.165) is 31.2 Å². The van der Waals surface area contributed by atoms with E-state index in [2.05, 4.69) is 29.0 Å². The first kappa shape index (κ1) is 14.9. The van der Waals surface area contributed by atoms with E-state index in [1.165, 1.54) is 11.3 Å². The Balaban J connectivity index is 2.38. The zero-order chi connectivity index (χ0) is 12.7. The van der Waals surface area contributed by atoms with Crippen LogP contribution in [0.3, 0.4) is 0 Å². The van der Waals surface area contributed by atoms with Gasteiger partial charge in [0, 0.05) is 13.1 Å². The van der Waals surface area contributed by atoms with Crippen molar-refractivity contribution in [3.63, 3.8) is 0 Å². The second-order valence-corrected chi connectivity index (χ2v) is 5.41. The van der Waals surface area contributed by atoms with E-state index in [9.17, 15) is 5.11 Å². The molecule has 0 radical (unpaired) electrons. The lowest BCUT2D eigenvalue weighted by Crippen LogP contribution is -2.34. The summed E-state index contributed by atoms with van der Waals surface area (Å²) in [4.78, 5) is 6.51. The number of likely N-dealkylation sites (N-methyl/N-ethyl adjacent to an activating group) is 1. The van der Waals surface area contributed by atoms with Crippen LogP contribution in [0, 0.1) is 0 Å². The Kier molecular flexibility index (Phi) is 6.99. The van der Waals surface area contributed by atoms with Crippen molar-refractivity contribution in [1.29, 1.82) is 0 Å². The van der Waals surface area contributed by atoms with Gasteiger partial charge in [0.1, 0.15) is 9.34 Å². The summed E-state index contributed by atoms with van der Waals surface area (Å²) in [7, 11) is 0. The number of nitrogens with zero attached hydrogens (tertiary/aromatic N) is 2. The highest BCUT2D eigenvalue weighted by Gasteiger charge is 2.13. The van der Waals surface area contributed by atoms with Crippen LogP contribution in [-0.4, -0.2) is 47.8 Å². The summed E-state index contributed by atoms with van der Waals surface area (Å²) in [6.07, 6.45) is 1.62. The molecule has 1 heterocycles. The first-order valence-corrected chi connectivity index (χ1v) is 7.08. The normalized spacial score (nSPS) is 13.2. The highest BCUT2D eigenvalue weighted by molar-refractivity contribution is 7.15. The average molecular weight is 278 g/mol. The Labute approximate surface area is 112 Å². The molecular weight excluding hydrogens is 258 g/mol. The second kappa shape index (κ2) is 8.00. The quantitative estimate of drug-likeness (QED) is 0.760. The molecule has 0 aliphatic rings. The van der Waals surface area contributed by atoms with Crippen LogP contribution < -0.4 is 5.32 Å². The maximum absolute atomic E-state index is 9.32. The van der Waals surface area contributed by atoms with E-state index in [4.69, 9.17) is 11.6 Å². The van der Waals surface area contributed by atoms with E-state index in [1.807, 2.05) is 0 Å². The van der Waals surface area contributed by atoms with Gasteiger partial charge in [0.25, 0.3) is 0 Å². The maximum Gasteiger partial charge on any atom is 0.113 e. The standard InChI is InChI=1S/C11H20ClN3OS/c1-3-15(4-2)6-5-13-9(8-16)11-14-7-10(12)17-11/h7,9,13,16H,3-6,8H2,1-2H3. The molecule has 0 aromatic carbocycles. The first-order valence-electron chi connectivity index (χ1n) is 5.89. The van der Waals surface area contributed by atoms with Crippen LogP contribution in [0.15, 0.2) is 6.20 Å². The van der Waals surface area contributed by atoms with Gasteiger partial charge in [-0.25, -0.2) is 4.98 Å². The topological polar surface area (TPSA) is 48.4 Å². The molecule has 6 heteroatoms. The van der Waals surface area contributed by atoms with Gasteiger partial charge in [-0.3, -0.25) is 0 Å². The molecule has 0 aliphatic carbocycles. The minimum Gasteiger partial charge on any atom is -0.394 e. The van der Waals surface area contributed by atoms with E-state index >= 15 is 0 Å². The Bertz CT molecular complexity index is 317. The van der Waals surface area contributed by atoms with Gasteiger partial charge in [-0.05, 0) is 13.1 Å². The third-order valence-electron chi connectivity index (χ3n) is 2.69. The number of aromatic nitrogens is 1. The maximum atomic E-state index is 9.32. The molecule has 2 N–H and O–H groups in total. The van der Waals surface area contributed by atoms with Crippen LogP contribution in [0.4, 0.5) is 0 Å². The molecule has 0 amide bonds. The lowest BCUT2D eigenvalue weighted by atomic mass is 10.3. The summed E-state index contributed by atoms with van der Waals surface area (Å²) in [6, 6.07) is -0.108. The fourth-order valence-electron chi connectivity index (χ4n) is 1.59. The number of halogens is 1. The monoisotopic (exact) mass is 277 g/mol. The van der Waals surface area contributed by atoms with Crippen molar-refractivity contribution in [3.05, 3.63) is 15.5 Å². The molecule has 1 unspecified atom stereocenters. The van der Waals surface area contributed by atoms with Gasteiger partial charge in [-0.1, -0.05) is 25.4 Å². The van der Waals surface area contributed by atoms with Crippen LogP contribution in [0.25, 0.3) is 0 Å². The average Bonchev–Trinajstić information content (AvgIpc) is 2.76. The van der Waals surface area contributed by atoms with E-state index in [-0.39, 0.29) is 12.6 Å². The molecule has 0 fully saturated rings. The Morgan fingerprint density at radius 3 is 2.71 bits per heavy atom. The molecule has 0 spiro atoms. The number of nitrogens with one attached hydrogen (secondary N) is 1. The van der Waals surface area contributed by atoms with Crippen LogP contribution in [0.2, 0.25) is 4.34 Å². The fraction of sp³-hybridized carbons (Fsp3) is 0.727. The van der Waals surface area contributed by atoms with Crippen molar-refractivity contribution in [2.75, 3.05) is 32.8 Å². The summed E-state index contributed by atoms with van der Waals surface area (Å²) in [6.45, 7) is 8.24. The van der Waals surface area contributed by atoms with Gasteiger partial charge < -0.3 is 15.3 Å². The Hall–Kier alpha value is -0.200. The van der Waals surface area contributed by atoms with Crippen molar-refractivity contribution in [2.24, 2.45) is 0 Å². The molecule has 0 bridgehead atoms. The molecular formula is C11H20ClN3OS. The summed E-state index contributed by atoms with van der Waals surface area (Å²) >= 11 is 7.24. The second-order valence-electron chi connectivity index (χ2n) is 3.72. The third kappa shape index (κ3) is 4.89. The van der Waals surface area contributed by atoms with E-state index in [1.54, 1.807) is 6.20 Å². The molecule has 1 aromatic rings. The van der Waals surface area contributed by atoms with Gasteiger partial charge in [0.15, 0.2) is 0 Å². The van der Waals surface area contributed by atoms with Crippen LogP contribution in [-0.2, 0) is 0 Å².